The van der Waals surface area contributed by atoms with E-state index < -0.39 is 5.41 Å². The second-order valence-corrected chi connectivity index (χ2v) is 5.90. The number of carbonyl (C=O) groups is 1. The van der Waals surface area contributed by atoms with Gasteiger partial charge >= 0.3 is 0 Å². The predicted molar refractivity (Wildman–Crippen MR) is 80.6 cm³/mol. The van der Waals surface area contributed by atoms with Gasteiger partial charge in [0.25, 0.3) is 0 Å². The fourth-order valence-corrected chi connectivity index (χ4v) is 3.01. The molecule has 2 rings (SSSR count). The topological polar surface area (TPSA) is 52.9 Å². The Hall–Kier alpha value is -1.53. The summed E-state index contributed by atoms with van der Waals surface area (Å²) in [5.74, 6) is -0.210. The molecule has 1 aromatic carbocycles. The van der Waals surface area contributed by atoms with E-state index in [0.29, 0.717) is 23.6 Å². The SMILES string of the molecule is Cc1cccc(Cl)c1NC(=O)C1(C#N)CCCCCC1. The summed E-state index contributed by atoms with van der Waals surface area (Å²) in [5, 5.41) is 12.9. The smallest absolute Gasteiger partial charge is 0.244 e. The van der Waals surface area contributed by atoms with Crippen LogP contribution in [0.1, 0.15) is 44.1 Å². The summed E-state index contributed by atoms with van der Waals surface area (Å²) in [4.78, 5) is 12.6. The van der Waals surface area contributed by atoms with E-state index in [1.165, 1.54) is 0 Å². The van der Waals surface area contributed by atoms with Crippen LogP contribution in [0.25, 0.3) is 0 Å². The summed E-state index contributed by atoms with van der Waals surface area (Å²) in [6.45, 7) is 1.90. The van der Waals surface area contributed by atoms with E-state index in [0.717, 1.165) is 31.2 Å². The number of rotatable bonds is 2. The maximum absolute atomic E-state index is 12.6. The summed E-state index contributed by atoms with van der Waals surface area (Å²) in [6.07, 6.45) is 5.34. The van der Waals surface area contributed by atoms with Crippen LogP contribution >= 0.6 is 11.6 Å². The molecule has 1 aliphatic rings. The molecular weight excluding hydrogens is 272 g/mol. The number of aryl methyl sites for hydroxylation is 1. The van der Waals surface area contributed by atoms with E-state index in [4.69, 9.17) is 11.6 Å². The van der Waals surface area contributed by atoms with E-state index in [2.05, 4.69) is 11.4 Å². The van der Waals surface area contributed by atoms with Crippen molar-refractivity contribution in [2.24, 2.45) is 5.41 Å². The summed E-state index contributed by atoms with van der Waals surface area (Å²) in [6, 6.07) is 7.75. The summed E-state index contributed by atoms with van der Waals surface area (Å²) < 4.78 is 0. The fraction of sp³-hybridized carbons (Fsp3) is 0.500. The highest BCUT2D eigenvalue weighted by Crippen LogP contribution is 2.36. The highest BCUT2D eigenvalue weighted by molar-refractivity contribution is 6.34. The van der Waals surface area contributed by atoms with Crippen LogP contribution in [-0.4, -0.2) is 5.91 Å². The zero-order valence-electron chi connectivity index (χ0n) is 11.7. The number of nitriles is 1. The number of para-hydroxylation sites is 1. The Labute approximate surface area is 124 Å². The molecule has 4 heteroatoms. The Balaban J connectivity index is 2.24. The Bertz CT molecular complexity index is 520. The average molecular weight is 291 g/mol. The van der Waals surface area contributed by atoms with Crippen LogP contribution in [0.15, 0.2) is 18.2 Å². The molecule has 0 unspecified atom stereocenters. The quantitative estimate of drug-likeness (QED) is 0.818. The number of hydrogen-bond donors (Lipinski definition) is 1. The van der Waals surface area contributed by atoms with Gasteiger partial charge in [-0.2, -0.15) is 5.26 Å². The maximum Gasteiger partial charge on any atom is 0.244 e. The average Bonchev–Trinajstić information content (AvgIpc) is 2.69. The largest absolute Gasteiger partial charge is 0.323 e. The van der Waals surface area contributed by atoms with Crippen LogP contribution in [0, 0.1) is 23.7 Å². The van der Waals surface area contributed by atoms with Gasteiger partial charge in [-0.1, -0.05) is 49.4 Å². The fourth-order valence-electron chi connectivity index (χ4n) is 2.75. The van der Waals surface area contributed by atoms with Crippen LogP contribution in [-0.2, 0) is 4.79 Å². The second kappa shape index (κ2) is 6.28. The first kappa shape index (κ1) is 14.9. The molecule has 106 valence electrons. The first-order chi connectivity index (χ1) is 9.59. The molecule has 1 amide bonds. The summed E-state index contributed by atoms with van der Waals surface area (Å²) in [5.41, 5.74) is 0.632. The number of anilines is 1. The van der Waals surface area contributed by atoms with Crippen molar-refractivity contribution in [1.29, 1.82) is 5.26 Å². The third-order valence-electron chi connectivity index (χ3n) is 4.07. The third-order valence-corrected chi connectivity index (χ3v) is 4.38. The molecule has 20 heavy (non-hydrogen) atoms. The first-order valence-electron chi connectivity index (χ1n) is 7.07. The van der Waals surface area contributed by atoms with Crippen molar-refractivity contribution in [2.75, 3.05) is 5.32 Å². The number of hydrogen-bond acceptors (Lipinski definition) is 2. The van der Waals surface area contributed by atoms with Gasteiger partial charge in [0.1, 0.15) is 5.41 Å². The Kier molecular flexibility index (Phi) is 4.67. The van der Waals surface area contributed by atoms with Crippen LogP contribution in [0.5, 0.6) is 0 Å². The summed E-state index contributed by atoms with van der Waals surface area (Å²) >= 11 is 6.14. The van der Waals surface area contributed by atoms with Gasteiger partial charge in [0.05, 0.1) is 16.8 Å². The van der Waals surface area contributed by atoms with Gasteiger partial charge < -0.3 is 5.32 Å². The van der Waals surface area contributed by atoms with Gasteiger partial charge in [0.15, 0.2) is 0 Å². The standard InChI is InChI=1S/C16H19ClN2O/c1-12-7-6-8-13(17)14(12)19-15(20)16(11-18)9-4-2-3-5-10-16/h6-8H,2-5,9-10H2,1H3,(H,19,20). The van der Waals surface area contributed by atoms with Crippen LogP contribution in [0.2, 0.25) is 5.02 Å². The Morgan fingerprint density at radius 3 is 2.50 bits per heavy atom. The van der Waals surface area contributed by atoms with Gasteiger partial charge in [0, 0.05) is 0 Å². The second-order valence-electron chi connectivity index (χ2n) is 5.49. The van der Waals surface area contributed by atoms with E-state index in [1.807, 2.05) is 19.1 Å². The van der Waals surface area contributed by atoms with Gasteiger partial charge in [0.2, 0.25) is 5.91 Å². The molecule has 0 heterocycles. The van der Waals surface area contributed by atoms with Crippen LogP contribution in [0.4, 0.5) is 5.69 Å². The first-order valence-corrected chi connectivity index (χ1v) is 7.45. The van der Waals surface area contributed by atoms with Crippen LogP contribution in [0.3, 0.4) is 0 Å². The minimum Gasteiger partial charge on any atom is -0.323 e. The molecule has 3 nitrogen and oxygen atoms in total. The zero-order chi connectivity index (χ0) is 14.6. The number of nitrogens with zero attached hydrogens (tertiary/aromatic N) is 1. The number of amides is 1. The lowest BCUT2D eigenvalue weighted by Gasteiger charge is -2.24. The lowest BCUT2D eigenvalue weighted by atomic mass is 9.81. The molecule has 0 saturated heterocycles. The highest BCUT2D eigenvalue weighted by atomic mass is 35.5. The number of halogens is 1. The van der Waals surface area contributed by atoms with Crippen molar-refractivity contribution < 1.29 is 4.79 Å². The zero-order valence-corrected chi connectivity index (χ0v) is 12.5. The molecule has 1 N–H and O–H groups in total. The number of carbonyl (C=O) groups excluding carboxylic acids is 1. The molecule has 0 aliphatic heterocycles. The van der Waals surface area contributed by atoms with Gasteiger partial charge in [-0.25, -0.2) is 0 Å². The minimum atomic E-state index is -0.901. The van der Waals surface area contributed by atoms with Gasteiger partial charge in [-0.3, -0.25) is 4.79 Å². The normalized spacial score (nSPS) is 17.9. The molecule has 0 aromatic heterocycles. The molecule has 0 atom stereocenters. The van der Waals surface area contributed by atoms with Crippen LogP contribution < -0.4 is 5.32 Å². The molecule has 1 saturated carbocycles. The van der Waals surface area contributed by atoms with Crippen molar-refractivity contribution in [1.82, 2.24) is 0 Å². The van der Waals surface area contributed by atoms with Gasteiger partial charge in [-0.05, 0) is 31.4 Å². The molecule has 0 bridgehead atoms. The van der Waals surface area contributed by atoms with Crippen molar-refractivity contribution in [3.63, 3.8) is 0 Å². The maximum atomic E-state index is 12.6. The van der Waals surface area contributed by atoms with E-state index in [-0.39, 0.29) is 5.91 Å². The van der Waals surface area contributed by atoms with E-state index >= 15 is 0 Å². The number of benzene rings is 1. The lowest BCUT2D eigenvalue weighted by Crippen LogP contribution is -2.35. The van der Waals surface area contributed by atoms with Gasteiger partial charge in [-0.15, -0.1) is 0 Å². The van der Waals surface area contributed by atoms with E-state index in [1.54, 1.807) is 6.07 Å². The molecule has 1 aromatic rings. The van der Waals surface area contributed by atoms with Crippen molar-refractivity contribution in [2.45, 2.75) is 45.4 Å². The molecule has 0 radical (unpaired) electrons. The molecular formula is C16H19ClN2O. The Morgan fingerprint density at radius 1 is 1.30 bits per heavy atom. The monoisotopic (exact) mass is 290 g/mol. The number of nitrogens with one attached hydrogen (secondary N) is 1. The predicted octanol–water partition coefficient (Wildman–Crippen LogP) is 4.45. The lowest BCUT2D eigenvalue weighted by molar-refractivity contribution is -0.123. The van der Waals surface area contributed by atoms with Crippen molar-refractivity contribution in [3.05, 3.63) is 28.8 Å². The molecule has 0 spiro atoms. The summed E-state index contributed by atoms with van der Waals surface area (Å²) in [7, 11) is 0. The Morgan fingerprint density at radius 2 is 1.95 bits per heavy atom. The highest BCUT2D eigenvalue weighted by Gasteiger charge is 2.39. The van der Waals surface area contributed by atoms with E-state index in [9.17, 15) is 10.1 Å². The van der Waals surface area contributed by atoms with Crippen molar-refractivity contribution >= 4 is 23.2 Å². The third kappa shape index (κ3) is 2.96. The van der Waals surface area contributed by atoms with Crippen molar-refractivity contribution in [3.8, 4) is 6.07 Å². The molecule has 1 aliphatic carbocycles. The minimum absolute atomic E-state index is 0.210. The molecule has 1 fully saturated rings.